The topological polar surface area (TPSA) is 23.5 Å². The largest absolute Gasteiger partial charge is 0.392 e. The van der Waals surface area contributed by atoms with Crippen LogP contribution in [0.15, 0.2) is 12.1 Å². The molecule has 1 unspecified atom stereocenters. The van der Waals surface area contributed by atoms with Crippen LogP contribution in [0.1, 0.15) is 25.3 Å². The molecule has 0 radical (unpaired) electrons. The summed E-state index contributed by atoms with van der Waals surface area (Å²) in [6, 6.07) is 2.52. The maximum absolute atomic E-state index is 13.8. The third-order valence-corrected chi connectivity index (χ3v) is 3.53. The van der Waals surface area contributed by atoms with Crippen molar-refractivity contribution in [3.8, 4) is 0 Å². The minimum absolute atomic E-state index is 0.00148. The highest BCUT2D eigenvalue weighted by atomic mass is 19.1. The summed E-state index contributed by atoms with van der Waals surface area (Å²) in [5.74, 6) is -0.676. The van der Waals surface area contributed by atoms with Gasteiger partial charge in [-0.2, -0.15) is 0 Å². The summed E-state index contributed by atoms with van der Waals surface area (Å²) in [5.41, 5.74) is 0.262. The van der Waals surface area contributed by atoms with Gasteiger partial charge in [-0.3, -0.25) is 0 Å². The predicted molar refractivity (Wildman–Crippen MR) is 62.9 cm³/mol. The first-order chi connectivity index (χ1) is 8.04. The Kier molecular flexibility index (Phi) is 3.33. The van der Waals surface area contributed by atoms with Crippen molar-refractivity contribution in [2.24, 2.45) is 5.92 Å². The molecule has 1 N–H and O–H groups in total. The van der Waals surface area contributed by atoms with Gasteiger partial charge in [0.25, 0.3) is 0 Å². The molecular formula is C13H17F2NO. The maximum Gasteiger partial charge on any atom is 0.149 e. The number of hydrogen-bond acceptors (Lipinski definition) is 2. The molecule has 2 nitrogen and oxygen atoms in total. The van der Waals surface area contributed by atoms with Crippen molar-refractivity contribution in [3.05, 3.63) is 29.3 Å². The number of rotatable bonds is 4. The van der Waals surface area contributed by atoms with Crippen LogP contribution in [-0.2, 0) is 6.61 Å². The lowest BCUT2D eigenvalue weighted by Gasteiger charge is -2.28. The van der Waals surface area contributed by atoms with E-state index in [0.717, 1.165) is 12.8 Å². The summed E-state index contributed by atoms with van der Waals surface area (Å²) in [7, 11) is 1.71. The van der Waals surface area contributed by atoms with Crippen LogP contribution in [-0.4, -0.2) is 18.2 Å². The standard InChI is InChI=1S/C13H17F2NO/c1-8(10-3-4-10)16(2)13-11(14)5-9(7-17)6-12(13)15/h5-6,8,10,17H,3-4,7H2,1-2H3. The number of anilines is 1. The molecular weight excluding hydrogens is 224 g/mol. The van der Waals surface area contributed by atoms with Crippen molar-refractivity contribution in [2.45, 2.75) is 32.4 Å². The average Bonchev–Trinajstić information content (AvgIpc) is 3.10. The second kappa shape index (κ2) is 4.61. The molecule has 1 aliphatic carbocycles. The van der Waals surface area contributed by atoms with Gasteiger partial charge < -0.3 is 10.0 Å². The Labute approximate surface area is 99.9 Å². The fourth-order valence-electron chi connectivity index (χ4n) is 2.14. The molecule has 2 rings (SSSR count). The fourth-order valence-corrected chi connectivity index (χ4v) is 2.14. The van der Waals surface area contributed by atoms with E-state index in [2.05, 4.69) is 0 Å². The zero-order chi connectivity index (χ0) is 12.6. The average molecular weight is 241 g/mol. The first-order valence-electron chi connectivity index (χ1n) is 5.86. The van der Waals surface area contributed by atoms with E-state index >= 15 is 0 Å². The predicted octanol–water partition coefficient (Wildman–Crippen LogP) is 2.69. The molecule has 1 aliphatic rings. The zero-order valence-corrected chi connectivity index (χ0v) is 10.1. The smallest absolute Gasteiger partial charge is 0.149 e. The molecule has 0 amide bonds. The first kappa shape index (κ1) is 12.3. The quantitative estimate of drug-likeness (QED) is 0.876. The molecule has 0 saturated heterocycles. The lowest BCUT2D eigenvalue weighted by Crippen LogP contribution is -2.32. The Hall–Kier alpha value is -1.16. The summed E-state index contributed by atoms with van der Waals surface area (Å²) in [4.78, 5) is 1.66. The second-order valence-corrected chi connectivity index (χ2v) is 4.76. The Bertz CT molecular complexity index is 395. The zero-order valence-electron chi connectivity index (χ0n) is 10.1. The van der Waals surface area contributed by atoms with Gasteiger partial charge in [0.05, 0.1) is 6.61 Å². The molecule has 0 bridgehead atoms. The molecule has 4 heteroatoms. The molecule has 1 saturated carbocycles. The highest BCUT2D eigenvalue weighted by molar-refractivity contribution is 5.51. The van der Waals surface area contributed by atoms with Crippen LogP contribution < -0.4 is 4.90 Å². The number of nitrogens with zero attached hydrogens (tertiary/aromatic N) is 1. The molecule has 1 aromatic carbocycles. The Morgan fingerprint density at radius 2 is 1.88 bits per heavy atom. The van der Waals surface area contributed by atoms with Gasteiger partial charge in [0, 0.05) is 13.1 Å². The summed E-state index contributed by atoms with van der Waals surface area (Å²) >= 11 is 0. The number of aliphatic hydroxyl groups excluding tert-OH is 1. The van der Waals surface area contributed by atoms with Crippen LogP contribution in [0.25, 0.3) is 0 Å². The SMILES string of the molecule is CC(C1CC1)N(C)c1c(F)cc(CO)cc1F. The van der Waals surface area contributed by atoms with Crippen molar-refractivity contribution in [1.29, 1.82) is 0 Å². The van der Waals surface area contributed by atoms with E-state index in [1.807, 2.05) is 6.92 Å². The van der Waals surface area contributed by atoms with Gasteiger partial charge in [0.2, 0.25) is 0 Å². The Balaban J connectivity index is 2.30. The highest BCUT2D eigenvalue weighted by Gasteiger charge is 2.32. The van der Waals surface area contributed by atoms with Crippen LogP contribution >= 0.6 is 0 Å². The highest BCUT2D eigenvalue weighted by Crippen LogP contribution is 2.37. The molecule has 0 heterocycles. The van der Waals surface area contributed by atoms with E-state index < -0.39 is 11.6 Å². The van der Waals surface area contributed by atoms with Gasteiger partial charge in [-0.05, 0) is 43.4 Å². The number of hydrogen-bond donors (Lipinski definition) is 1. The number of aliphatic hydroxyl groups is 1. The van der Waals surface area contributed by atoms with Gasteiger partial charge in [0.15, 0.2) is 0 Å². The number of halogens is 2. The molecule has 17 heavy (non-hydrogen) atoms. The van der Waals surface area contributed by atoms with E-state index in [-0.39, 0.29) is 23.9 Å². The van der Waals surface area contributed by atoms with Crippen molar-refractivity contribution >= 4 is 5.69 Å². The molecule has 1 atom stereocenters. The molecule has 0 aliphatic heterocycles. The normalized spacial score (nSPS) is 17.0. The van der Waals surface area contributed by atoms with Crippen LogP contribution in [0, 0.1) is 17.6 Å². The van der Waals surface area contributed by atoms with E-state index in [0.29, 0.717) is 5.92 Å². The van der Waals surface area contributed by atoms with Crippen LogP contribution in [0.2, 0.25) is 0 Å². The third kappa shape index (κ3) is 2.41. The van der Waals surface area contributed by atoms with E-state index in [9.17, 15) is 8.78 Å². The summed E-state index contributed by atoms with van der Waals surface area (Å²) < 4.78 is 27.6. The Morgan fingerprint density at radius 3 is 2.29 bits per heavy atom. The van der Waals surface area contributed by atoms with Gasteiger partial charge in [0.1, 0.15) is 17.3 Å². The third-order valence-electron chi connectivity index (χ3n) is 3.53. The number of benzene rings is 1. The van der Waals surface area contributed by atoms with Crippen molar-refractivity contribution in [3.63, 3.8) is 0 Å². The lowest BCUT2D eigenvalue weighted by atomic mass is 10.1. The van der Waals surface area contributed by atoms with Crippen LogP contribution in [0.4, 0.5) is 14.5 Å². The summed E-state index contributed by atoms with van der Waals surface area (Å²) in [6.07, 6.45) is 2.26. The van der Waals surface area contributed by atoms with Crippen molar-refractivity contribution in [1.82, 2.24) is 0 Å². The fraction of sp³-hybridized carbons (Fsp3) is 0.538. The van der Waals surface area contributed by atoms with Gasteiger partial charge in [-0.1, -0.05) is 0 Å². The van der Waals surface area contributed by atoms with Crippen molar-refractivity contribution in [2.75, 3.05) is 11.9 Å². The minimum Gasteiger partial charge on any atom is -0.392 e. The lowest BCUT2D eigenvalue weighted by molar-refractivity contribution is 0.280. The van der Waals surface area contributed by atoms with E-state index in [1.165, 1.54) is 12.1 Å². The van der Waals surface area contributed by atoms with Crippen LogP contribution in [0.3, 0.4) is 0 Å². The molecule has 1 aromatic rings. The van der Waals surface area contributed by atoms with E-state index in [4.69, 9.17) is 5.11 Å². The first-order valence-corrected chi connectivity index (χ1v) is 5.86. The molecule has 94 valence electrons. The van der Waals surface area contributed by atoms with Gasteiger partial charge in [-0.15, -0.1) is 0 Å². The second-order valence-electron chi connectivity index (χ2n) is 4.76. The van der Waals surface area contributed by atoms with Crippen molar-refractivity contribution < 1.29 is 13.9 Å². The van der Waals surface area contributed by atoms with Gasteiger partial charge >= 0.3 is 0 Å². The monoisotopic (exact) mass is 241 g/mol. The maximum atomic E-state index is 13.8. The van der Waals surface area contributed by atoms with Gasteiger partial charge in [-0.25, -0.2) is 8.78 Å². The summed E-state index contributed by atoms with van der Waals surface area (Å²) in [6.45, 7) is 1.63. The van der Waals surface area contributed by atoms with Crippen LogP contribution in [0.5, 0.6) is 0 Å². The molecule has 0 spiro atoms. The summed E-state index contributed by atoms with van der Waals surface area (Å²) in [5, 5.41) is 8.88. The molecule has 0 aromatic heterocycles. The Morgan fingerprint density at radius 1 is 1.35 bits per heavy atom. The molecule has 1 fully saturated rings. The van der Waals surface area contributed by atoms with E-state index in [1.54, 1.807) is 11.9 Å². The minimum atomic E-state index is -0.607.